The number of hydrogen-bond donors (Lipinski definition) is 1. The maximum atomic E-state index is 12.2. The minimum absolute atomic E-state index is 0.185. The van der Waals surface area contributed by atoms with E-state index in [1.807, 2.05) is 0 Å². The second kappa shape index (κ2) is 8.77. The topological polar surface area (TPSA) is 56.8 Å². The van der Waals surface area contributed by atoms with E-state index in [0.717, 1.165) is 12.8 Å². The Morgan fingerprint density at radius 2 is 1.86 bits per heavy atom. The van der Waals surface area contributed by atoms with Crippen molar-refractivity contribution in [2.45, 2.75) is 24.6 Å². The molecule has 1 atom stereocenters. The lowest BCUT2D eigenvalue weighted by Gasteiger charge is -2.15. The van der Waals surface area contributed by atoms with Gasteiger partial charge in [-0.2, -0.15) is 0 Å². The molecule has 0 aromatic heterocycles. The lowest BCUT2D eigenvalue weighted by Crippen LogP contribution is -2.25. The van der Waals surface area contributed by atoms with E-state index in [4.69, 9.17) is 14.2 Å². The molecule has 1 aromatic carbocycles. The van der Waals surface area contributed by atoms with Crippen LogP contribution in [0.2, 0.25) is 0 Å². The fourth-order valence-corrected chi connectivity index (χ4v) is 2.28. The third-order valence-corrected chi connectivity index (χ3v) is 3.47. The van der Waals surface area contributed by atoms with Crippen LogP contribution in [0.25, 0.3) is 0 Å². The molecule has 1 rings (SSSR count). The summed E-state index contributed by atoms with van der Waals surface area (Å²) < 4.78 is 15.8. The number of halogens is 1. The molecule has 0 fully saturated rings. The highest BCUT2D eigenvalue weighted by molar-refractivity contribution is 9.09. The third kappa shape index (κ3) is 4.81. The number of alkyl halides is 1. The van der Waals surface area contributed by atoms with Crippen molar-refractivity contribution in [3.63, 3.8) is 0 Å². The number of carbonyl (C=O) groups is 1. The van der Waals surface area contributed by atoms with Gasteiger partial charge in [0.2, 0.25) is 5.75 Å². The van der Waals surface area contributed by atoms with Crippen LogP contribution >= 0.6 is 15.9 Å². The second-order valence-corrected chi connectivity index (χ2v) is 6.12. The van der Waals surface area contributed by atoms with Crippen molar-refractivity contribution >= 4 is 21.8 Å². The first kappa shape index (κ1) is 17.6. The molecule has 118 valence electrons. The van der Waals surface area contributed by atoms with Gasteiger partial charge in [0.25, 0.3) is 5.91 Å². The Labute approximate surface area is 134 Å². The average molecular weight is 360 g/mol. The average Bonchev–Trinajstić information content (AvgIpc) is 2.49. The summed E-state index contributed by atoms with van der Waals surface area (Å²) in [7, 11) is 4.55. The number of ether oxygens (including phenoxy) is 3. The van der Waals surface area contributed by atoms with Crippen molar-refractivity contribution < 1.29 is 19.0 Å². The number of rotatable bonds is 8. The molecule has 1 N–H and O–H groups in total. The minimum Gasteiger partial charge on any atom is -0.493 e. The zero-order valence-electron chi connectivity index (χ0n) is 12.9. The summed E-state index contributed by atoms with van der Waals surface area (Å²) >= 11 is 3.48. The Morgan fingerprint density at radius 3 is 2.38 bits per heavy atom. The monoisotopic (exact) mass is 359 g/mol. The van der Waals surface area contributed by atoms with Crippen LogP contribution in [0.3, 0.4) is 0 Å². The van der Waals surface area contributed by atoms with Crippen LogP contribution in [-0.4, -0.2) is 38.6 Å². The molecule has 0 saturated carbocycles. The molecular formula is C15H22BrNO4. The predicted molar refractivity (Wildman–Crippen MR) is 86.1 cm³/mol. The zero-order chi connectivity index (χ0) is 15.8. The molecule has 1 aromatic rings. The molecular weight excluding hydrogens is 338 g/mol. The number of nitrogens with one attached hydrogen (secondary N) is 1. The van der Waals surface area contributed by atoms with Crippen molar-refractivity contribution in [1.29, 1.82) is 0 Å². The normalized spacial score (nSPS) is 11.7. The van der Waals surface area contributed by atoms with E-state index in [-0.39, 0.29) is 5.91 Å². The largest absolute Gasteiger partial charge is 0.493 e. The Bertz CT molecular complexity index is 477. The molecule has 0 aliphatic carbocycles. The molecule has 6 heteroatoms. The first-order chi connectivity index (χ1) is 10.0. The third-order valence-electron chi connectivity index (χ3n) is 3.01. The number of benzene rings is 1. The highest BCUT2D eigenvalue weighted by Crippen LogP contribution is 2.39. The summed E-state index contributed by atoms with van der Waals surface area (Å²) in [6.45, 7) is 2.70. The lowest BCUT2D eigenvalue weighted by atomic mass is 10.1. The van der Waals surface area contributed by atoms with Crippen LogP contribution in [0, 0.1) is 0 Å². The van der Waals surface area contributed by atoms with Crippen LogP contribution in [0.5, 0.6) is 17.2 Å². The molecule has 21 heavy (non-hydrogen) atoms. The molecule has 0 saturated heterocycles. The summed E-state index contributed by atoms with van der Waals surface area (Å²) in [5.41, 5.74) is 0.432. The second-order valence-electron chi connectivity index (χ2n) is 4.56. The first-order valence-corrected chi connectivity index (χ1v) is 7.67. The van der Waals surface area contributed by atoms with Gasteiger partial charge in [0.15, 0.2) is 11.5 Å². The Hall–Kier alpha value is -1.43. The minimum atomic E-state index is -0.185. The summed E-state index contributed by atoms with van der Waals surface area (Å²) in [5.74, 6) is 1.14. The van der Waals surface area contributed by atoms with Gasteiger partial charge in [-0.1, -0.05) is 22.9 Å². The Morgan fingerprint density at radius 1 is 1.19 bits per heavy atom. The van der Waals surface area contributed by atoms with Crippen molar-refractivity contribution in [2.24, 2.45) is 0 Å². The van der Waals surface area contributed by atoms with E-state index in [0.29, 0.717) is 34.2 Å². The molecule has 0 aliphatic rings. The SMILES string of the molecule is COc1ccc(C(=O)NCCCC(C)Br)c(OC)c1OC. The summed E-state index contributed by atoms with van der Waals surface area (Å²) in [6.07, 6.45) is 1.91. The van der Waals surface area contributed by atoms with Gasteiger partial charge >= 0.3 is 0 Å². The Kier molecular flexibility index (Phi) is 7.36. The van der Waals surface area contributed by atoms with Crippen LogP contribution in [-0.2, 0) is 0 Å². The predicted octanol–water partition coefficient (Wildman–Crippen LogP) is 3.01. The summed E-state index contributed by atoms with van der Waals surface area (Å²) in [5, 5.41) is 2.88. The van der Waals surface area contributed by atoms with E-state index < -0.39 is 0 Å². The van der Waals surface area contributed by atoms with Gasteiger partial charge in [0.05, 0.1) is 26.9 Å². The van der Waals surface area contributed by atoms with E-state index in [9.17, 15) is 4.79 Å². The summed E-state index contributed by atoms with van der Waals surface area (Å²) in [6, 6.07) is 3.36. The van der Waals surface area contributed by atoms with Gasteiger partial charge in [-0.15, -0.1) is 0 Å². The molecule has 0 aliphatic heterocycles. The van der Waals surface area contributed by atoms with Crippen molar-refractivity contribution in [3.8, 4) is 17.2 Å². The fraction of sp³-hybridized carbons (Fsp3) is 0.533. The Balaban J connectivity index is 2.84. The molecule has 0 bridgehead atoms. The van der Waals surface area contributed by atoms with Crippen molar-refractivity contribution in [1.82, 2.24) is 5.32 Å². The van der Waals surface area contributed by atoms with E-state index >= 15 is 0 Å². The van der Waals surface area contributed by atoms with Gasteiger partial charge in [0.1, 0.15) is 0 Å². The first-order valence-electron chi connectivity index (χ1n) is 6.76. The number of carbonyl (C=O) groups excluding carboxylic acids is 1. The highest BCUT2D eigenvalue weighted by Gasteiger charge is 2.20. The van der Waals surface area contributed by atoms with Crippen LogP contribution in [0.1, 0.15) is 30.1 Å². The molecule has 0 spiro atoms. The lowest BCUT2D eigenvalue weighted by molar-refractivity contribution is 0.0949. The number of hydrogen-bond acceptors (Lipinski definition) is 4. The standard InChI is InChI=1S/C15H22BrNO4/c1-10(16)6-5-9-17-15(18)11-7-8-12(19-2)14(21-4)13(11)20-3/h7-8,10H,5-6,9H2,1-4H3,(H,17,18). The maximum Gasteiger partial charge on any atom is 0.255 e. The quantitative estimate of drug-likeness (QED) is 0.572. The number of amides is 1. The van der Waals surface area contributed by atoms with Crippen LogP contribution in [0.4, 0.5) is 0 Å². The van der Waals surface area contributed by atoms with E-state index in [1.165, 1.54) is 14.2 Å². The van der Waals surface area contributed by atoms with Crippen LogP contribution in [0.15, 0.2) is 12.1 Å². The van der Waals surface area contributed by atoms with Gasteiger partial charge in [-0.05, 0) is 25.0 Å². The van der Waals surface area contributed by atoms with Crippen molar-refractivity contribution in [2.75, 3.05) is 27.9 Å². The van der Waals surface area contributed by atoms with Gasteiger partial charge in [-0.25, -0.2) is 0 Å². The van der Waals surface area contributed by atoms with Gasteiger partial charge in [-0.3, -0.25) is 4.79 Å². The molecule has 5 nitrogen and oxygen atoms in total. The van der Waals surface area contributed by atoms with Crippen molar-refractivity contribution in [3.05, 3.63) is 17.7 Å². The molecule has 0 heterocycles. The maximum absolute atomic E-state index is 12.2. The van der Waals surface area contributed by atoms with E-state index in [1.54, 1.807) is 19.2 Å². The zero-order valence-corrected chi connectivity index (χ0v) is 14.5. The smallest absolute Gasteiger partial charge is 0.255 e. The molecule has 1 amide bonds. The van der Waals surface area contributed by atoms with Gasteiger partial charge in [0, 0.05) is 11.4 Å². The summed E-state index contributed by atoms with van der Waals surface area (Å²) in [4.78, 5) is 12.7. The molecule has 0 radical (unpaired) electrons. The van der Waals surface area contributed by atoms with Gasteiger partial charge < -0.3 is 19.5 Å². The molecule has 1 unspecified atom stereocenters. The highest BCUT2D eigenvalue weighted by atomic mass is 79.9. The number of methoxy groups -OCH3 is 3. The van der Waals surface area contributed by atoms with E-state index in [2.05, 4.69) is 28.2 Å². The fourth-order valence-electron chi connectivity index (χ4n) is 1.96. The van der Waals surface area contributed by atoms with Crippen LogP contribution < -0.4 is 19.5 Å².